The van der Waals surface area contributed by atoms with Crippen LogP contribution in [-0.4, -0.2) is 28.6 Å². The lowest BCUT2D eigenvalue weighted by atomic mass is 9.86. The maximum atomic E-state index is 5.49. The summed E-state index contributed by atoms with van der Waals surface area (Å²) in [5.74, 6) is 1.53. The molecule has 3 atom stereocenters. The van der Waals surface area contributed by atoms with Gasteiger partial charge in [0.1, 0.15) is 0 Å². The summed E-state index contributed by atoms with van der Waals surface area (Å²) >= 11 is 5.49. The molecule has 0 spiro atoms. The molecule has 2 fully saturated rings. The molecular weight excluding hydrogens is 204 g/mol. The zero-order valence-corrected chi connectivity index (χ0v) is 10.8. The van der Waals surface area contributed by atoms with Crippen molar-refractivity contribution in [2.24, 2.45) is 11.8 Å². The molecule has 86 valence electrons. The second-order valence-corrected chi connectivity index (χ2v) is 5.82. The predicted molar refractivity (Wildman–Crippen MR) is 67.9 cm³/mol. The molecule has 1 saturated heterocycles. The van der Waals surface area contributed by atoms with Crippen LogP contribution in [0, 0.1) is 11.8 Å². The molecule has 1 saturated carbocycles. The van der Waals surface area contributed by atoms with Gasteiger partial charge in [-0.1, -0.05) is 13.8 Å². The molecular formula is C12H22N2S. The first kappa shape index (κ1) is 11.2. The Balaban J connectivity index is 1.95. The first-order chi connectivity index (χ1) is 7.08. The summed E-state index contributed by atoms with van der Waals surface area (Å²) < 4.78 is 0. The molecule has 0 aromatic heterocycles. The average Bonchev–Trinajstić information content (AvgIpc) is 2.94. The van der Waals surface area contributed by atoms with Crippen LogP contribution in [0.5, 0.6) is 0 Å². The van der Waals surface area contributed by atoms with Gasteiger partial charge in [0.2, 0.25) is 0 Å². The van der Waals surface area contributed by atoms with Crippen molar-refractivity contribution in [3.8, 4) is 0 Å². The third kappa shape index (κ3) is 2.63. The molecule has 3 heteroatoms. The average molecular weight is 226 g/mol. The summed E-state index contributed by atoms with van der Waals surface area (Å²) in [4.78, 5) is 2.40. The fourth-order valence-electron chi connectivity index (χ4n) is 2.47. The molecule has 15 heavy (non-hydrogen) atoms. The van der Waals surface area contributed by atoms with Gasteiger partial charge in [-0.2, -0.15) is 0 Å². The highest BCUT2D eigenvalue weighted by Crippen LogP contribution is 2.28. The van der Waals surface area contributed by atoms with Crippen molar-refractivity contribution in [2.45, 2.75) is 52.1 Å². The number of hydrogen-bond donors (Lipinski definition) is 1. The summed E-state index contributed by atoms with van der Waals surface area (Å²) in [7, 11) is 0. The lowest BCUT2D eigenvalue weighted by Crippen LogP contribution is -2.52. The lowest BCUT2D eigenvalue weighted by molar-refractivity contribution is 0.145. The molecule has 0 radical (unpaired) electrons. The second-order valence-electron chi connectivity index (χ2n) is 5.43. The minimum Gasteiger partial charge on any atom is -0.360 e. The molecule has 0 aromatic carbocycles. The summed E-state index contributed by atoms with van der Waals surface area (Å²) in [5, 5.41) is 4.44. The fourth-order valence-corrected chi connectivity index (χ4v) is 2.88. The van der Waals surface area contributed by atoms with Crippen LogP contribution in [0.15, 0.2) is 0 Å². The van der Waals surface area contributed by atoms with Crippen LogP contribution >= 0.6 is 12.2 Å². The van der Waals surface area contributed by atoms with Gasteiger partial charge in [-0.3, -0.25) is 0 Å². The van der Waals surface area contributed by atoms with Crippen molar-refractivity contribution in [2.75, 3.05) is 6.54 Å². The van der Waals surface area contributed by atoms with Crippen molar-refractivity contribution in [3.05, 3.63) is 0 Å². The Morgan fingerprint density at radius 3 is 2.53 bits per heavy atom. The lowest BCUT2D eigenvalue weighted by Gasteiger charge is -2.42. The maximum absolute atomic E-state index is 5.49. The van der Waals surface area contributed by atoms with Gasteiger partial charge in [0.15, 0.2) is 5.11 Å². The molecule has 1 aliphatic carbocycles. The summed E-state index contributed by atoms with van der Waals surface area (Å²) in [5.41, 5.74) is 0. The quantitative estimate of drug-likeness (QED) is 0.691. The Labute approximate surface area is 98.4 Å². The standard InChI is InChI=1S/C12H22N2S/c1-8-6-9(2)10(3)14(7-8)12(15)13-11-4-5-11/h8-11H,4-7H2,1-3H3,(H,13,15). The Bertz CT molecular complexity index is 250. The number of hydrogen-bond acceptors (Lipinski definition) is 1. The van der Waals surface area contributed by atoms with Gasteiger partial charge in [-0.25, -0.2) is 0 Å². The number of nitrogens with zero attached hydrogens (tertiary/aromatic N) is 1. The molecule has 1 heterocycles. The second kappa shape index (κ2) is 4.28. The molecule has 1 N–H and O–H groups in total. The molecule has 2 aliphatic rings. The van der Waals surface area contributed by atoms with Gasteiger partial charge in [0.25, 0.3) is 0 Å². The zero-order chi connectivity index (χ0) is 11.0. The highest BCUT2D eigenvalue weighted by molar-refractivity contribution is 7.80. The van der Waals surface area contributed by atoms with Gasteiger partial charge >= 0.3 is 0 Å². The van der Waals surface area contributed by atoms with Crippen LogP contribution in [0.2, 0.25) is 0 Å². The molecule has 0 amide bonds. The number of thiocarbonyl (C=S) groups is 1. The van der Waals surface area contributed by atoms with Gasteiger partial charge in [-0.05, 0) is 50.2 Å². The Hall–Kier alpha value is -0.310. The minimum atomic E-state index is 0.597. The van der Waals surface area contributed by atoms with Crippen LogP contribution in [0.4, 0.5) is 0 Å². The Morgan fingerprint density at radius 1 is 1.27 bits per heavy atom. The van der Waals surface area contributed by atoms with E-state index >= 15 is 0 Å². The van der Waals surface area contributed by atoms with Crippen LogP contribution in [0.1, 0.15) is 40.0 Å². The van der Waals surface area contributed by atoms with E-state index < -0.39 is 0 Å². The van der Waals surface area contributed by atoms with E-state index in [2.05, 4.69) is 31.0 Å². The number of rotatable bonds is 1. The summed E-state index contributed by atoms with van der Waals surface area (Å²) in [6.07, 6.45) is 3.94. The monoisotopic (exact) mass is 226 g/mol. The third-order valence-corrected chi connectivity index (χ3v) is 4.12. The van der Waals surface area contributed by atoms with Crippen LogP contribution in [0.25, 0.3) is 0 Å². The molecule has 2 nitrogen and oxygen atoms in total. The summed E-state index contributed by atoms with van der Waals surface area (Å²) in [6.45, 7) is 8.10. The highest BCUT2D eigenvalue weighted by Gasteiger charge is 2.32. The molecule has 0 bridgehead atoms. The highest BCUT2D eigenvalue weighted by atomic mass is 32.1. The van der Waals surface area contributed by atoms with E-state index in [9.17, 15) is 0 Å². The van der Waals surface area contributed by atoms with Gasteiger partial charge < -0.3 is 10.2 Å². The Kier molecular flexibility index (Phi) is 3.19. The maximum Gasteiger partial charge on any atom is 0.169 e. The number of piperidine rings is 1. The van der Waals surface area contributed by atoms with Crippen LogP contribution in [-0.2, 0) is 0 Å². The largest absolute Gasteiger partial charge is 0.360 e. The normalized spacial score (nSPS) is 36.5. The molecule has 0 aromatic rings. The Morgan fingerprint density at radius 2 is 1.93 bits per heavy atom. The number of likely N-dealkylation sites (tertiary alicyclic amines) is 1. The van der Waals surface area contributed by atoms with Crippen molar-refractivity contribution >= 4 is 17.3 Å². The van der Waals surface area contributed by atoms with Crippen molar-refractivity contribution in [1.29, 1.82) is 0 Å². The van der Waals surface area contributed by atoms with Crippen molar-refractivity contribution < 1.29 is 0 Å². The fraction of sp³-hybridized carbons (Fsp3) is 0.917. The molecule has 3 unspecified atom stereocenters. The first-order valence-electron chi connectivity index (χ1n) is 6.15. The molecule has 1 aliphatic heterocycles. The molecule has 2 rings (SSSR count). The first-order valence-corrected chi connectivity index (χ1v) is 6.56. The smallest absolute Gasteiger partial charge is 0.169 e. The SMILES string of the molecule is CC1CC(C)C(C)N(C(=S)NC2CC2)C1. The van der Waals surface area contributed by atoms with Gasteiger partial charge in [-0.15, -0.1) is 0 Å². The van der Waals surface area contributed by atoms with Gasteiger partial charge in [0.05, 0.1) is 0 Å². The van der Waals surface area contributed by atoms with E-state index in [-0.39, 0.29) is 0 Å². The van der Waals surface area contributed by atoms with Crippen LogP contribution in [0.3, 0.4) is 0 Å². The van der Waals surface area contributed by atoms with E-state index in [1.54, 1.807) is 0 Å². The van der Waals surface area contributed by atoms with Crippen LogP contribution < -0.4 is 5.32 Å². The van der Waals surface area contributed by atoms with Crippen molar-refractivity contribution in [1.82, 2.24) is 10.2 Å². The predicted octanol–water partition coefficient (Wildman–Crippen LogP) is 2.39. The van der Waals surface area contributed by atoms with Gasteiger partial charge in [0, 0.05) is 18.6 Å². The van der Waals surface area contributed by atoms with E-state index in [1.807, 2.05) is 0 Å². The van der Waals surface area contributed by atoms with E-state index in [4.69, 9.17) is 12.2 Å². The zero-order valence-electron chi connectivity index (χ0n) is 9.99. The topological polar surface area (TPSA) is 15.3 Å². The minimum absolute atomic E-state index is 0.597. The third-order valence-electron chi connectivity index (χ3n) is 3.76. The number of nitrogens with one attached hydrogen (secondary N) is 1. The van der Waals surface area contributed by atoms with E-state index in [0.717, 1.165) is 23.5 Å². The van der Waals surface area contributed by atoms with E-state index in [1.165, 1.54) is 19.3 Å². The van der Waals surface area contributed by atoms with Crippen molar-refractivity contribution in [3.63, 3.8) is 0 Å². The summed E-state index contributed by atoms with van der Waals surface area (Å²) in [6, 6.07) is 1.28. The van der Waals surface area contributed by atoms with E-state index in [0.29, 0.717) is 12.1 Å².